The van der Waals surface area contributed by atoms with Gasteiger partial charge in [0.15, 0.2) is 0 Å². The third kappa shape index (κ3) is 5.65. The van der Waals surface area contributed by atoms with Crippen LogP contribution in [0.3, 0.4) is 0 Å². The number of likely N-dealkylation sites (N-methyl/N-ethyl adjacent to an activating group) is 1. The molecule has 2 heterocycles. The lowest BCUT2D eigenvalue weighted by atomic mass is 9.98. The van der Waals surface area contributed by atoms with Gasteiger partial charge in [0.1, 0.15) is 0 Å². The van der Waals surface area contributed by atoms with E-state index < -0.39 is 10.0 Å². The van der Waals surface area contributed by atoms with E-state index in [0.29, 0.717) is 58.8 Å². The molecule has 0 aromatic heterocycles. The van der Waals surface area contributed by atoms with E-state index >= 15 is 0 Å². The molecular weight excluding hydrogens is 356 g/mol. The Morgan fingerprint density at radius 3 is 2.38 bits per heavy atom. The van der Waals surface area contributed by atoms with Gasteiger partial charge in [-0.05, 0) is 26.2 Å². The summed E-state index contributed by atoms with van der Waals surface area (Å²) in [7, 11) is -3.25. The smallest absolute Gasteiger partial charge is 0.234 e. The summed E-state index contributed by atoms with van der Waals surface area (Å²) >= 11 is 0. The van der Waals surface area contributed by atoms with Gasteiger partial charge in [-0.2, -0.15) is 0 Å². The summed E-state index contributed by atoms with van der Waals surface area (Å²) in [6, 6.07) is 0. The van der Waals surface area contributed by atoms with Crippen molar-refractivity contribution in [3.8, 4) is 0 Å². The van der Waals surface area contributed by atoms with E-state index in [1.54, 1.807) is 0 Å². The third-order valence-electron chi connectivity index (χ3n) is 5.01. The highest BCUT2D eigenvalue weighted by Gasteiger charge is 2.34. The third-order valence-corrected chi connectivity index (χ3v) is 7.06. The lowest BCUT2D eigenvalue weighted by molar-refractivity contribution is -0.138. The van der Waals surface area contributed by atoms with Gasteiger partial charge >= 0.3 is 0 Å². The molecule has 2 rings (SSSR count). The first-order valence-corrected chi connectivity index (χ1v) is 11.2. The van der Waals surface area contributed by atoms with Gasteiger partial charge in [-0.3, -0.25) is 14.5 Å². The molecule has 9 heteroatoms. The molecule has 150 valence electrons. The van der Waals surface area contributed by atoms with Crippen molar-refractivity contribution in [1.29, 1.82) is 0 Å². The lowest BCUT2D eigenvalue weighted by Crippen LogP contribution is -2.54. The zero-order chi connectivity index (χ0) is 19.2. The molecule has 0 radical (unpaired) electrons. The first-order valence-electron chi connectivity index (χ1n) is 9.63. The minimum atomic E-state index is -3.25. The maximum absolute atomic E-state index is 12.8. The Labute approximate surface area is 156 Å². The van der Waals surface area contributed by atoms with Crippen molar-refractivity contribution in [3.63, 3.8) is 0 Å². The fourth-order valence-electron chi connectivity index (χ4n) is 3.62. The van der Waals surface area contributed by atoms with Gasteiger partial charge in [0.05, 0.1) is 18.2 Å². The van der Waals surface area contributed by atoms with Gasteiger partial charge < -0.3 is 10.2 Å². The van der Waals surface area contributed by atoms with Crippen molar-refractivity contribution in [2.75, 3.05) is 58.1 Å². The Kier molecular flexibility index (Phi) is 7.85. The molecule has 8 nitrogen and oxygen atoms in total. The molecule has 2 fully saturated rings. The summed E-state index contributed by atoms with van der Waals surface area (Å²) in [5.74, 6) is -0.0347. The summed E-state index contributed by atoms with van der Waals surface area (Å²) < 4.78 is 26.1. The molecule has 1 atom stereocenters. The summed E-state index contributed by atoms with van der Waals surface area (Å²) in [4.78, 5) is 28.4. The second kappa shape index (κ2) is 9.66. The van der Waals surface area contributed by atoms with Gasteiger partial charge in [-0.25, -0.2) is 12.7 Å². The average Bonchev–Trinajstić information content (AvgIpc) is 2.62. The SMILES string of the molecule is CCCS(=O)(=O)N1CCCC(C(=O)N2CCN(CC(=O)NCC)CC2)C1. The number of nitrogens with one attached hydrogen (secondary N) is 1. The molecule has 1 N–H and O–H groups in total. The Morgan fingerprint density at radius 1 is 1.08 bits per heavy atom. The van der Waals surface area contributed by atoms with E-state index in [4.69, 9.17) is 0 Å². The Balaban J connectivity index is 1.85. The number of rotatable bonds is 7. The van der Waals surface area contributed by atoms with E-state index in [9.17, 15) is 18.0 Å². The summed E-state index contributed by atoms with van der Waals surface area (Å²) in [5.41, 5.74) is 0. The number of nitrogens with zero attached hydrogens (tertiary/aromatic N) is 3. The predicted molar refractivity (Wildman–Crippen MR) is 100 cm³/mol. The maximum atomic E-state index is 12.8. The Hall–Kier alpha value is -1.19. The Bertz CT molecular complexity index is 588. The van der Waals surface area contributed by atoms with Crippen molar-refractivity contribution < 1.29 is 18.0 Å². The molecule has 26 heavy (non-hydrogen) atoms. The summed E-state index contributed by atoms with van der Waals surface area (Å²) in [6.07, 6.45) is 2.07. The van der Waals surface area contributed by atoms with Gasteiger partial charge in [-0.1, -0.05) is 6.92 Å². The van der Waals surface area contributed by atoms with Crippen molar-refractivity contribution in [2.45, 2.75) is 33.1 Å². The predicted octanol–water partition coefficient (Wildman–Crippen LogP) is -0.281. The zero-order valence-corrected chi connectivity index (χ0v) is 16.8. The summed E-state index contributed by atoms with van der Waals surface area (Å²) in [5, 5.41) is 2.78. The van der Waals surface area contributed by atoms with Crippen LogP contribution in [0.4, 0.5) is 0 Å². The minimum Gasteiger partial charge on any atom is -0.355 e. The molecule has 0 bridgehead atoms. The van der Waals surface area contributed by atoms with Crippen LogP contribution in [0.5, 0.6) is 0 Å². The van der Waals surface area contributed by atoms with E-state index in [-0.39, 0.29) is 23.5 Å². The number of hydrogen-bond acceptors (Lipinski definition) is 5. The number of carbonyl (C=O) groups excluding carboxylic acids is 2. The van der Waals surface area contributed by atoms with Crippen LogP contribution >= 0.6 is 0 Å². The van der Waals surface area contributed by atoms with E-state index in [0.717, 1.165) is 12.8 Å². The maximum Gasteiger partial charge on any atom is 0.234 e. The van der Waals surface area contributed by atoms with Crippen LogP contribution in [0.15, 0.2) is 0 Å². The van der Waals surface area contributed by atoms with Gasteiger partial charge in [0.2, 0.25) is 21.8 Å². The van der Waals surface area contributed by atoms with E-state index in [1.807, 2.05) is 23.6 Å². The van der Waals surface area contributed by atoms with Crippen LogP contribution in [-0.4, -0.2) is 92.4 Å². The van der Waals surface area contributed by atoms with E-state index in [1.165, 1.54) is 4.31 Å². The lowest BCUT2D eigenvalue weighted by Gasteiger charge is -2.38. The highest BCUT2D eigenvalue weighted by Crippen LogP contribution is 2.22. The quantitative estimate of drug-likeness (QED) is 0.648. The number of piperidine rings is 1. The number of amides is 2. The number of hydrogen-bond donors (Lipinski definition) is 1. The van der Waals surface area contributed by atoms with E-state index in [2.05, 4.69) is 5.32 Å². The molecule has 0 saturated carbocycles. The molecule has 2 saturated heterocycles. The van der Waals surface area contributed by atoms with Crippen LogP contribution in [-0.2, 0) is 19.6 Å². The molecule has 0 aromatic rings. The molecule has 0 spiro atoms. The molecule has 0 aromatic carbocycles. The second-order valence-corrected chi connectivity index (χ2v) is 9.16. The molecule has 1 unspecified atom stereocenters. The fourth-order valence-corrected chi connectivity index (χ4v) is 5.21. The largest absolute Gasteiger partial charge is 0.355 e. The highest BCUT2D eigenvalue weighted by molar-refractivity contribution is 7.89. The fraction of sp³-hybridized carbons (Fsp3) is 0.882. The minimum absolute atomic E-state index is 0.0105. The molecular formula is C17H32N4O4S. The monoisotopic (exact) mass is 388 g/mol. The van der Waals surface area contributed by atoms with Crippen molar-refractivity contribution in [3.05, 3.63) is 0 Å². The first-order chi connectivity index (χ1) is 12.4. The molecule has 2 amide bonds. The van der Waals surface area contributed by atoms with Crippen LogP contribution in [0, 0.1) is 5.92 Å². The summed E-state index contributed by atoms with van der Waals surface area (Å²) in [6.45, 7) is 8.09. The highest BCUT2D eigenvalue weighted by atomic mass is 32.2. The number of piperazine rings is 1. The van der Waals surface area contributed by atoms with Gasteiger partial charge in [0.25, 0.3) is 0 Å². The standard InChI is InChI=1S/C17H32N4O4S/c1-3-12-26(24,25)21-7-5-6-15(13-21)17(23)20-10-8-19(9-11-20)14-16(22)18-4-2/h15H,3-14H2,1-2H3,(H,18,22). The Morgan fingerprint density at radius 2 is 1.77 bits per heavy atom. The van der Waals surface area contributed by atoms with Crippen LogP contribution in [0.25, 0.3) is 0 Å². The second-order valence-electron chi connectivity index (χ2n) is 7.07. The first kappa shape index (κ1) is 21.1. The van der Waals surface area contributed by atoms with Crippen LogP contribution in [0.2, 0.25) is 0 Å². The van der Waals surface area contributed by atoms with Gasteiger partial charge in [-0.15, -0.1) is 0 Å². The normalized spacial score (nSPS) is 23.0. The topological polar surface area (TPSA) is 90.0 Å². The van der Waals surface area contributed by atoms with Crippen molar-refractivity contribution in [2.24, 2.45) is 5.92 Å². The number of carbonyl (C=O) groups is 2. The molecule has 2 aliphatic heterocycles. The number of sulfonamides is 1. The van der Waals surface area contributed by atoms with Crippen molar-refractivity contribution >= 4 is 21.8 Å². The van der Waals surface area contributed by atoms with Crippen LogP contribution < -0.4 is 5.32 Å². The zero-order valence-electron chi connectivity index (χ0n) is 15.9. The molecule has 2 aliphatic rings. The van der Waals surface area contributed by atoms with Gasteiger partial charge in [0, 0.05) is 45.8 Å². The molecule has 0 aliphatic carbocycles. The van der Waals surface area contributed by atoms with Crippen LogP contribution in [0.1, 0.15) is 33.1 Å². The average molecular weight is 389 g/mol. The van der Waals surface area contributed by atoms with Crippen molar-refractivity contribution in [1.82, 2.24) is 19.4 Å².